The van der Waals surface area contributed by atoms with Gasteiger partial charge >= 0.3 is 184 Å². The van der Waals surface area contributed by atoms with Crippen molar-refractivity contribution in [1.29, 1.82) is 0 Å². The van der Waals surface area contributed by atoms with Crippen LogP contribution in [0.1, 0.15) is 36.5 Å². The molecule has 1 saturated heterocycles. The Morgan fingerprint density at radius 3 is 2.72 bits per heavy atom. The molecule has 3 aromatic rings. The fourth-order valence-electron chi connectivity index (χ4n) is 3.71. The van der Waals surface area contributed by atoms with Gasteiger partial charge in [0.1, 0.15) is 0 Å². The second-order valence-corrected chi connectivity index (χ2v) is 10.8. The number of aromatic carboxylic acids is 1. The Bertz CT molecular complexity index is 1180. The predicted molar refractivity (Wildman–Crippen MR) is 109 cm³/mol. The third-order valence-corrected chi connectivity index (χ3v) is 7.97. The monoisotopic (exact) mass is 524 g/mol. The van der Waals surface area contributed by atoms with Gasteiger partial charge in [-0.3, -0.25) is 0 Å². The van der Waals surface area contributed by atoms with Gasteiger partial charge in [0, 0.05) is 0 Å². The zero-order valence-electron chi connectivity index (χ0n) is 15.8. The number of pyridine rings is 1. The van der Waals surface area contributed by atoms with Gasteiger partial charge in [-0.2, -0.15) is 0 Å². The van der Waals surface area contributed by atoms with Gasteiger partial charge in [-0.15, -0.1) is 0 Å². The molecule has 0 spiro atoms. The molecule has 1 fully saturated rings. The molecule has 1 aromatic heterocycles. The fraction of sp³-hybridized carbons (Fsp3) is 0.273. The molecule has 0 saturated carbocycles. The summed E-state index contributed by atoms with van der Waals surface area (Å²) in [6.45, 7) is 2.07. The standard InChI is InChI=1S/C22H20ClINO4/c1-12-7-19-15(21(27)16(22(28)29)11-25(19)5-6-26)9-14(12)8-13-3-2-4-17(23)20(13)18-10-24-18/h2-4,7,9,11,18,26H,5-6,8,10H2,1H3,(H,28,29)/q-1. The van der Waals surface area contributed by atoms with Crippen LogP contribution in [0.4, 0.5) is 0 Å². The summed E-state index contributed by atoms with van der Waals surface area (Å²) in [7, 11) is 0. The van der Waals surface area contributed by atoms with E-state index in [2.05, 4.69) is 6.07 Å². The number of fused-ring (bicyclic) bond motifs is 1. The summed E-state index contributed by atoms with van der Waals surface area (Å²) in [6, 6.07) is 9.68. The first-order valence-electron chi connectivity index (χ1n) is 9.26. The molecular weight excluding hydrogens is 505 g/mol. The van der Waals surface area contributed by atoms with Gasteiger partial charge in [0.05, 0.1) is 0 Å². The van der Waals surface area contributed by atoms with E-state index in [9.17, 15) is 19.8 Å². The van der Waals surface area contributed by atoms with Gasteiger partial charge in [0.15, 0.2) is 0 Å². The number of carboxylic acid groups (broad SMARTS) is 1. The van der Waals surface area contributed by atoms with Crippen molar-refractivity contribution in [2.45, 2.75) is 23.8 Å². The molecule has 29 heavy (non-hydrogen) atoms. The van der Waals surface area contributed by atoms with Gasteiger partial charge in [-0.1, -0.05) is 0 Å². The Kier molecular flexibility index (Phi) is 5.68. The molecule has 0 amide bonds. The molecule has 1 atom stereocenters. The molecule has 1 aliphatic heterocycles. The summed E-state index contributed by atoms with van der Waals surface area (Å²) in [5.74, 6) is -1.26. The van der Waals surface area contributed by atoms with Crippen molar-refractivity contribution in [2.75, 3.05) is 11.0 Å². The van der Waals surface area contributed by atoms with E-state index in [-0.39, 0.29) is 39.9 Å². The van der Waals surface area contributed by atoms with Crippen LogP contribution in [0.15, 0.2) is 41.3 Å². The minimum absolute atomic E-state index is 0.145. The van der Waals surface area contributed by atoms with E-state index < -0.39 is 11.4 Å². The van der Waals surface area contributed by atoms with Gasteiger partial charge in [0.2, 0.25) is 0 Å². The van der Waals surface area contributed by atoms with E-state index in [0.717, 1.165) is 16.1 Å². The molecule has 0 bridgehead atoms. The van der Waals surface area contributed by atoms with Crippen LogP contribution < -0.4 is 26.6 Å². The first-order chi connectivity index (χ1) is 13.9. The number of hydrogen-bond acceptors (Lipinski definition) is 3. The first-order valence-corrected chi connectivity index (χ1v) is 12.4. The van der Waals surface area contributed by atoms with Crippen LogP contribution in [-0.2, 0) is 13.0 Å². The summed E-state index contributed by atoms with van der Waals surface area (Å²) < 4.78 is 3.50. The molecule has 4 rings (SSSR count). The average Bonchev–Trinajstić information content (AvgIpc) is 3.50. The third-order valence-electron chi connectivity index (χ3n) is 5.26. The van der Waals surface area contributed by atoms with Gasteiger partial charge in [0.25, 0.3) is 0 Å². The van der Waals surface area contributed by atoms with Gasteiger partial charge in [-0.05, 0) is 0 Å². The number of hydrogen-bond donors (Lipinski definition) is 2. The van der Waals surface area contributed by atoms with Crippen molar-refractivity contribution in [2.24, 2.45) is 0 Å². The maximum atomic E-state index is 12.8. The van der Waals surface area contributed by atoms with Crippen LogP contribution in [-0.4, -0.2) is 31.8 Å². The Morgan fingerprint density at radius 2 is 2.07 bits per heavy atom. The van der Waals surface area contributed by atoms with Gasteiger partial charge < -0.3 is 0 Å². The maximum absolute atomic E-state index is 12.8. The molecular formula is C22H20ClINO4-. The van der Waals surface area contributed by atoms with E-state index in [4.69, 9.17) is 11.6 Å². The number of aliphatic hydroxyl groups is 1. The number of rotatable bonds is 6. The SMILES string of the molecule is Cc1cc2c(cc1Cc1cccc(Cl)c1C1C[I-]1)c(=O)c(C(=O)O)cn2CCO. The van der Waals surface area contributed by atoms with Gasteiger partial charge in [-0.25, -0.2) is 0 Å². The van der Waals surface area contributed by atoms with Crippen molar-refractivity contribution in [1.82, 2.24) is 4.57 Å². The number of nitrogens with zero attached hydrogens (tertiary/aromatic N) is 1. The summed E-state index contributed by atoms with van der Waals surface area (Å²) in [6.07, 6.45) is 1.96. The second kappa shape index (κ2) is 8.08. The summed E-state index contributed by atoms with van der Waals surface area (Å²) in [4.78, 5) is 24.3. The topological polar surface area (TPSA) is 79.5 Å². The number of aliphatic hydroxyl groups excluding tert-OH is 1. The van der Waals surface area contributed by atoms with Crippen LogP contribution in [0.2, 0.25) is 5.02 Å². The van der Waals surface area contributed by atoms with Crippen LogP contribution in [0, 0.1) is 6.92 Å². The summed E-state index contributed by atoms with van der Waals surface area (Å²) >= 11 is 6.67. The van der Waals surface area contributed by atoms with E-state index >= 15 is 0 Å². The van der Waals surface area contributed by atoms with Crippen LogP contribution >= 0.6 is 11.6 Å². The molecule has 0 radical (unpaired) electrons. The zero-order chi connectivity index (χ0) is 20.7. The number of carbonyl (C=O) groups is 1. The number of benzene rings is 2. The Balaban J connectivity index is 1.88. The molecule has 5 nitrogen and oxygen atoms in total. The molecule has 0 aliphatic carbocycles. The average molecular weight is 525 g/mol. The van der Waals surface area contributed by atoms with Crippen molar-refractivity contribution in [3.05, 3.63) is 79.6 Å². The Hall–Kier alpha value is -1.90. The fourth-order valence-corrected chi connectivity index (χ4v) is 6.09. The van der Waals surface area contributed by atoms with Crippen molar-refractivity contribution >= 4 is 28.5 Å². The normalized spacial score (nSPS) is 15.9. The number of aromatic nitrogens is 1. The molecule has 7 heteroatoms. The number of halogens is 2. The molecule has 1 aliphatic rings. The second-order valence-electron chi connectivity index (χ2n) is 7.16. The third kappa shape index (κ3) is 3.93. The summed E-state index contributed by atoms with van der Waals surface area (Å²) in [5.41, 5.74) is 4.26. The molecule has 1 unspecified atom stereocenters. The Morgan fingerprint density at radius 1 is 1.31 bits per heavy atom. The molecule has 152 valence electrons. The number of alkyl halides is 2. The number of carboxylic acids is 1. The van der Waals surface area contributed by atoms with Crippen LogP contribution in [0.3, 0.4) is 0 Å². The van der Waals surface area contributed by atoms with E-state index in [1.54, 1.807) is 10.6 Å². The molecule has 2 heterocycles. The van der Waals surface area contributed by atoms with Crippen molar-refractivity contribution < 1.29 is 36.2 Å². The number of aryl methyl sites for hydroxylation is 1. The van der Waals surface area contributed by atoms with E-state index in [1.807, 2.05) is 25.1 Å². The van der Waals surface area contributed by atoms with Crippen molar-refractivity contribution in [3.8, 4) is 0 Å². The first kappa shape index (κ1) is 20.4. The quantitative estimate of drug-likeness (QED) is 0.361. The zero-order valence-corrected chi connectivity index (χ0v) is 18.7. The van der Waals surface area contributed by atoms with E-state index in [0.29, 0.717) is 21.2 Å². The summed E-state index contributed by atoms with van der Waals surface area (Å²) in [5, 5.41) is 19.9. The van der Waals surface area contributed by atoms with Crippen LogP contribution in [0.25, 0.3) is 10.9 Å². The Labute approximate surface area is 183 Å². The molecule has 2 N–H and O–H groups in total. The van der Waals surface area contributed by atoms with E-state index in [1.165, 1.54) is 21.8 Å². The molecule has 2 aromatic carbocycles. The van der Waals surface area contributed by atoms with Crippen molar-refractivity contribution in [3.63, 3.8) is 0 Å². The predicted octanol–water partition coefficient (Wildman–Crippen LogP) is 0.388. The van der Waals surface area contributed by atoms with Crippen LogP contribution in [0.5, 0.6) is 0 Å². The minimum atomic E-state index is -1.26.